The monoisotopic (exact) mass is 234 g/mol. The summed E-state index contributed by atoms with van der Waals surface area (Å²) in [5, 5.41) is 7.82. The van der Waals surface area contributed by atoms with Crippen LogP contribution >= 0.6 is 0 Å². The number of piperidine rings is 1. The maximum Gasteiger partial charge on any atom is 0.153 e. The second-order valence-corrected chi connectivity index (χ2v) is 5.41. The summed E-state index contributed by atoms with van der Waals surface area (Å²) in [6.45, 7) is 4.39. The van der Waals surface area contributed by atoms with Gasteiger partial charge in [-0.05, 0) is 32.1 Å². The number of nitrogens with zero attached hydrogens (tertiary/aromatic N) is 2. The summed E-state index contributed by atoms with van der Waals surface area (Å²) in [6, 6.07) is 0.390. The zero-order valence-corrected chi connectivity index (χ0v) is 10.6. The quantitative estimate of drug-likeness (QED) is 0.820. The number of nitrogens with one attached hydrogen (secondary N) is 1. The first-order valence-electron chi connectivity index (χ1n) is 6.87. The van der Waals surface area contributed by atoms with Gasteiger partial charge >= 0.3 is 0 Å². The number of anilines is 1. The molecule has 1 saturated heterocycles. The average molecular weight is 234 g/mol. The molecule has 1 unspecified atom stereocenters. The van der Waals surface area contributed by atoms with Crippen molar-refractivity contribution in [3.05, 3.63) is 11.3 Å². The number of fused-ring (bicyclic) bond motifs is 1. The number of rotatable bonds is 2. The Balaban J connectivity index is 1.81. The number of aromatic amines is 1. The van der Waals surface area contributed by atoms with Crippen LogP contribution in [-0.4, -0.2) is 29.3 Å². The molecule has 0 amide bonds. The van der Waals surface area contributed by atoms with Gasteiger partial charge in [-0.1, -0.05) is 6.92 Å². The van der Waals surface area contributed by atoms with Gasteiger partial charge in [-0.25, -0.2) is 0 Å². The van der Waals surface area contributed by atoms with Gasteiger partial charge in [0.15, 0.2) is 5.82 Å². The lowest BCUT2D eigenvalue weighted by atomic mass is 10.0. The van der Waals surface area contributed by atoms with Crippen LogP contribution in [0.3, 0.4) is 0 Å². The van der Waals surface area contributed by atoms with Crippen molar-refractivity contribution in [3.8, 4) is 0 Å². The summed E-state index contributed by atoms with van der Waals surface area (Å²) in [4.78, 5) is 2.41. The van der Waals surface area contributed by atoms with Gasteiger partial charge in [-0.3, -0.25) is 5.10 Å². The Morgan fingerprint density at radius 3 is 2.82 bits per heavy atom. The van der Waals surface area contributed by atoms with Gasteiger partial charge in [0, 0.05) is 36.3 Å². The zero-order chi connectivity index (χ0) is 11.8. The molecule has 94 valence electrons. The Bertz CT molecular complexity index is 390. The van der Waals surface area contributed by atoms with Crippen LogP contribution in [0, 0.1) is 0 Å². The topological polar surface area (TPSA) is 57.9 Å². The fourth-order valence-corrected chi connectivity index (χ4v) is 3.20. The third-order valence-corrected chi connectivity index (χ3v) is 4.36. The highest BCUT2D eigenvalue weighted by atomic mass is 15.3. The van der Waals surface area contributed by atoms with Crippen LogP contribution in [0.5, 0.6) is 0 Å². The van der Waals surface area contributed by atoms with Gasteiger partial charge in [0.2, 0.25) is 0 Å². The van der Waals surface area contributed by atoms with E-state index in [0.29, 0.717) is 12.0 Å². The molecule has 0 bridgehead atoms. The Labute approximate surface area is 103 Å². The van der Waals surface area contributed by atoms with E-state index in [-0.39, 0.29) is 0 Å². The summed E-state index contributed by atoms with van der Waals surface area (Å²) in [7, 11) is 0. The summed E-state index contributed by atoms with van der Waals surface area (Å²) < 4.78 is 0. The molecule has 0 aromatic carbocycles. The third-order valence-electron chi connectivity index (χ3n) is 4.36. The van der Waals surface area contributed by atoms with Crippen LogP contribution in [0.1, 0.15) is 49.8 Å². The summed E-state index contributed by atoms with van der Waals surface area (Å²) >= 11 is 0. The number of hydrogen-bond acceptors (Lipinski definition) is 3. The van der Waals surface area contributed by atoms with E-state index >= 15 is 0 Å². The van der Waals surface area contributed by atoms with E-state index in [9.17, 15) is 0 Å². The Morgan fingerprint density at radius 2 is 2.12 bits per heavy atom. The molecular weight excluding hydrogens is 212 g/mol. The minimum absolute atomic E-state index is 0.390. The molecule has 1 fully saturated rings. The molecule has 0 radical (unpaired) electrons. The van der Waals surface area contributed by atoms with Crippen molar-refractivity contribution < 1.29 is 0 Å². The van der Waals surface area contributed by atoms with Crippen LogP contribution in [0.4, 0.5) is 5.82 Å². The molecule has 1 aliphatic heterocycles. The number of hydrogen-bond donors (Lipinski definition) is 2. The average Bonchev–Trinajstić information content (AvgIpc) is 2.91. The highest BCUT2D eigenvalue weighted by Crippen LogP contribution is 2.38. The summed E-state index contributed by atoms with van der Waals surface area (Å²) in [5.41, 5.74) is 8.83. The standard InChI is InChI=1S/C13H22N4/c1-2-9-3-4-11-12(9)15-16-13(11)17-7-5-10(14)6-8-17/h9-10H,2-8,14H2,1H3,(H,15,16). The van der Waals surface area contributed by atoms with Crippen LogP contribution in [0.25, 0.3) is 0 Å². The van der Waals surface area contributed by atoms with Crippen LogP contribution < -0.4 is 10.6 Å². The molecule has 1 aromatic heterocycles. The molecule has 2 heterocycles. The molecule has 2 aliphatic rings. The van der Waals surface area contributed by atoms with E-state index in [1.54, 1.807) is 0 Å². The largest absolute Gasteiger partial charge is 0.355 e. The van der Waals surface area contributed by atoms with Gasteiger partial charge < -0.3 is 10.6 Å². The van der Waals surface area contributed by atoms with Crippen molar-refractivity contribution in [3.63, 3.8) is 0 Å². The van der Waals surface area contributed by atoms with Crippen LogP contribution in [0.2, 0.25) is 0 Å². The summed E-state index contributed by atoms with van der Waals surface area (Å²) in [5.74, 6) is 1.92. The lowest BCUT2D eigenvalue weighted by Crippen LogP contribution is -2.40. The molecule has 1 aliphatic carbocycles. The van der Waals surface area contributed by atoms with Gasteiger partial charge in [0.25, 0.3) is 0 Å². The first-order chi connectivity index (χ1) is 8.29. The fourth-order valence-electron chi connectivity index (χ4n) is 3.20. The Hall–Kier alpha value is -1.03. The first kappa shape index (κ1) is 11.1. The van der Waals surface area contributed by atoms with Gasteiger partial charge in [-0.15, -0.1) is 0 Å². The first-order valence-corrected chi connectivity index (χ1v) is 6.87. The minimum Gasteiger partial charge on any atom is -0.355 e. The smallest absolute Gasteiger partial charge is 0.153 e. The second kappa shape index (κ2) is 4.33. The van der Waals surface area contributed by atoms with E-state index in [0.717, 1.165) is 25.9 Å². The zero-order valence-electron chi connectivity index (χ0n) is 10.6. The van der Waals surface area contributed by atoms with E-state index in [2.05, 4.69) is 22.0 Å². The molecule has 3 rings (SSSR count). The van der Waals surface area contributed by atoms with Crippen molar-refractivity contribution in [2.24, 2.45) is 5.73 Å². The lowest BCUT2D eigenvalue weighted by molar-refractivity contribution is 0.497. The van der Waals surface area contributed by atoms with Crippen LogP contribution in [-0.2, 0) is 6.42 Å². The third kappa shape index (κ3) is 1.84. The predicted octanol–water partition coefficient (Wildman–Crippen LogP) is 1.78. The molecule has 0 spiro atoms. The normalized spacial score (nSPS) is 25.3. The number of aromatic nitrogens is 2. The van der Waals surface area contributed by atoms with E-state index in [4.69, 9.17) is 5.73 Å². The predicted molar refractivity (Wildman–Crippen MR) is 69.4 cm³/mol. The second-order valence-electron chi connectivity index (χ2n) is 5.41. The van der Waals surface area contributed by atoms with E-state index < -0.39 is 0 Å². The highest BCUT2D eigenvalue weighted by Gasteiger charge is 2.29. The maximum absolute atomic E-state index is 5.95. The van der Waals surface area contributed by atoms with Crippen molar-refractivity contribution in [1.82, 2.24) is 10.2 Å². The van der Waals surface area contributed by atoms with Crippen LogP contribution in [0.15, 0.2) is 0 Å². The molecule has 0 saturated carbocycles. The van der Waals surface area contributed by atoms with Crippen molar-refractivity contribution >= 4 is 5.82 Å². The van der Waals surface area contributed by atoms with Crippen molar-refractivity contribution in [2.75, 3.05) is 18.0 Å². The lowest BCUT2D eigenvalue weighted by Gasteiger charge is -2.30. The minimum atomic E-state index is 0.390. The van der Waals surface area contributed by atoms with Gasteiger partial charge in [0.05, 0.1) is 0 Å². The number of H-pyrrole nitrogens is 1. The number of nitrogens with two attached hydrogens (primary N) is 1. The molecule has 1 aromatic rings. The maximum atomic E-state index is 5.95. The van der Waals surface area contributed by atoms with Gasteiger partial charge in [0.1, 0.15) is 0 Å². The van der Waals surface area contributed by atoms with E-state index in [1.807, 2.05) is 0 Å². The fraction of sp³-hybridized carbons (Fsp3) is 0.769. The molecule has 4 heteroatoms. The van der Waals surface area contributed by atoms with E-state index in [1.165, 1.54) is 36.3 Å². The SMILES string of the molecule is CCC1CCc2c(N3CCC(N)CC3)n[nH]c21. The van der Waals surface area contributed by atoms with Crippen molar-refractivity contribution in [2.45, 2.75) is 51.0 Å². The Kier molecular flexibility index (Phi) is 2.82. The molecule has 3 N–H and O–H groups in total. The van der Waals surface area contributed by atoms with Crippen molar-refractivity contribution in [1.29, 1.82) is 0 Å². The Morgan fingerprint density at radius 1 is 1.35 bits per heavy atom. The summed E-state index contributed by atoms with van der Waals surface area (Å²) in [6.07, 6.45) is 5.90. The highest BCUT2D eigenvalue weighted by molar-refractivity contribution is 5.52. The molecular formula is C13H22N4. The molecule has 17 heavy (non-hydrogen) atoms. The van der Waals surface area contributed by atoms with Gasteiger partial charge in [-0.2, -0.15) is 5.10 Å². The molecule has 1 atom stereocenters. The molecule has 4 nitrogen and oxygen atoms in total.